The molecule has 1 rings (SSSR count). The van der Waals surface area contributed by atoms with Crippen molar-refractivity contribution in [3.8, 4) is 0 Å². The zero-order chi connectivity index (χ0) is 12.9. The molecule has 0 heterocycles. The monoisotopic (exact) mass is 257 g/mol. The Balaban J connectivity index is 2.56. The van der Waals surface area contributed by atoms with E-state index < -0.39 is 6.10 Å². The predicted octanol–water partition coefficient (Wildman–Crippen LogP) is 2.39. The van der Waals surface area contributed by atoms with Crippen molar-refractivity contribution in [3.05, 3.63) is 34.9 Å². The lowest BCUT2D eigenvalue weighted by Gasteiger charge is -2.27. The van der Waals surface area contributed by atoms with Gasteiger partial charge >= 0.3 is 0 Å². The van der Waals surface area contributed by atoms with E-state index in [0.29, 0.717) is 18.2 Å². The van der Waals surface area contributed by atoms with E-state index in [1.807, 2.05) is 32.0 Å². The molecule has 0 aliphatic rings. The standard InChI is InChI=1S/C13H20ClNO2/c1-13(2,9-17-3)15-8-12(16)10-6-4-5-7-11(10)14/h4-7,12,15-16H,8-9H2,1-3H3. The third-order valence-electron chi connectivity index (χ3n) is 2.54. The fourth-order valence-corrected chi connectivity index (χ4v) is 1.90. The van der Waals surface area contributed by atoms with Gasteiger partial charge in [-0.3, -0.25) is 0 Å². The van der Waals surface area contributed by atoms with Gasteiger partial charge in [-0.15, -0.1) is 0 Å². The largest absolute Gasteiger partial charge is 0.387 e. The van der Waals surface area contributed by atoms with Crippen LogP contribution in [-0.2, 0) is 4.74 Å². The first kappa shape index (κ1) is 14.5. The maximum atomic E-state index is 10.0. The van der Waals surface area contributed by atoms with E-state index >= 15 is 0 Å². The molecule has 3 nitrogen and oxygen atoms in total. The quantitative estimate of drug-likeness (QED) is 0.822. The number of rotatable bonds is 6. The lowest BCUT2D eigenvalue weighted by molar-refractivity contribution is 0.107. The Labute approximate surface area is 108 Å². The Morgan fingerprint density at radius 3 is 2.65 bits per heavy atom. The number of hydrogen-bond donors (Lipinski definition) is 2. The molecule has 0 fully saturated rings. The molecular formula is C13H20ClNO2. The molecular weight excluding hydrogens is 238 g/mol. The van der Waals surface area contributed by atoms with Crippen molar-refractivity contribution in [2.24, 2.45) is 0 Å². The number of benzene rings is 1. The van der Waals surface area contributed by atoms with Crippen molar-refractivity contribution in [1.29, 1.82) is 0 Å². The first-order chi connectivity index (χ1) is 7.96. The highest BCUT2D eigenvalue weighted by molar-refractivity contribution is 6.31. The van der Waals surface area contributed by atoms with Crippen LogP contribution in [0, 0.1) is 0 Å². The second-order valence-electron chi connectivity index (χ2n) is 4.74. The number of hydrogen-bond acceptors (Lipinski definition) is 3. The number of aliphatic hydroxyl groups excluding tert-OH is 1. The summed E-state index contributed by atoms with van der Waals surface area (Å²) >= 11 is 6.02. The molecule has 1 aromatic rings. The van der Waals surface area contributed by atoms with E-state index in [1.54, 1.807) is 13.2 Å². The van der Waals surface area contributed by atoms with Gasteiger partial charge in [0.1, 0.15) is 0 Å². The van der Waals surface area contributed by atoms with Gasteiger partial charge in [-0.2, -0.15) is 0 Å². The van der Waals surface area contributed by atoms with Crippen molar-refractivity contribution in [2.75, 3.05) is 20.3 Å². The van der Waals surface area contributed by atoms with Gasteiger partial charge in [0, 0.05) is 29.8 Å². The van der Waals surface area contributed by atoms with Crippen molar-refractivity contribution >= 4 is 11.6 Å². The summed E-state index contributed by atoms with van der Waals surface area (Å²) in [5.74, 6) is 0. The van der Waals surface area contributed by atoms with Gasteiger partial charge in [-0.05, 0) is 19.9 Å². The summed E-state index contributed by atoms with van der Waals surface area (Å²) in [6.45, 7) is 5.08. The molecule has 1 aromatic carbocycles. The van der Waals surface area contributed by atoms with Gasteiger partial charge in [0.05, 0.1) is 12.7 Å². The third kappa shape index (κ3) is 4.64. The van der Waals surface area contributed by atoms with Gasteiger partial charge in [-0.1, -0.05) is 29.8 Å². The van der Waals surface area contributed by atoms with Crippen LogP contribution in [0.2, 0.25) is 5.02 Å². The van der Waals surface area contributed by atoms with Crippen LogP contribution in [0.5, 0.6) is 0 Å². The van der Waals surface area contributed by atoms with Crippen LogP contribution in [0.25, 0.3) is 0 Å². The third-order valence-corrected chi connectivity index (χ3v) is 2.89. The minimum atomic E-state index is -0.611. The molecule has 0 aromatic heterocycles. The Morgan fingerprint density at radius 1 is 1.41 bits per heavy atom. The van der Waals surface area contributed by atoms with E-state index in [9.17, 15) is 5.11 Å². The molecule has 1 unspecified atom stereocenters. The summed E-state index contributed by atoms with van der Waals surface area (Å²) in [6.07, 6.45) is -0.611. The number of aliphatic hydroxyl groups is 1. The van der Waals surface area contributed by atoms with E-state index in [2.05, 4.69) is 5.32 Å². The van der Waals surface area contributed by atoms with Crippen molar-refractivity contribution in [1.82, 2.24) is 5.32 Å². The number of β-amino-alcohol motifs (C(OH)–C–C–N with tert-alkyl or cyclic N) is 1. The number of halogens is 1. The average Bonchev–Trinajstić information content (AvgIpc) is 2.27. The molecule has 0 saturated carbocycles. The lowest BCUT2D eigenvalue weighted by Crippen LogP contribution is -2.45. The predicted molar refractivity (Wildman–Crippen MR) is 70.4 cm³/mol. The number of methoxy groups -OCH3 is 1. The summed E-state index contributed by atoms with van der Waals surface area (Å²) in [5, 5.41) is 13.9. The molecule has 96 valence electrons. The Morgan fingerprint density at radius 2 is 2.06 bits per heavy atom. The Kier molecular flexibility index (Phi) is 5.40. The highest BCUT2D eigenvalue weighted by Crippen LogP contribution is 2.22. The van der Waals surface area contributed by atoms with Gasteiger partial charge in [-0.25, -0.2) is 0 Å². The van der Waals surface area contributed by atoms with Crippen LogP contribution in [0.4, 0.5) is 0 Å². The summed E-state index contributed by atoms with van der Waals surface area (Å²) in [7, 11) is 1.66. The molecule has 0 aliphatic heterocycles. The Hall–Kier alpha value is -0.610. The van der Waals surface area contributed by atoms with E-state index in [1.165, 1.54) is 0 Å². The van der Waals surface area contributed by atoms with Crippen LogP contribution in [0.15, 0.2) is 24.3 Å². The highest BCUT2D eigenvalue weighted by atomic mass is 35.5. The molecule has 0 amide bonds. The van der Waals surface area contributed by atoms with Crippen LogP contribution in [-0.4, -0.2) is 30.9 Å². The smallest absolute Gasteiger partial charge is 0.0928 e. The van der Waals surface area contributed by atoms with Crippen molar-refractivity contribution < 1.29 is 9.84 Å². The molecule has 2 N–H and O–H groups in total. The second kappa shape index (κ2) is 6.36. The highest BCUT2D eigenvalue weighted by Gasteiger charge is 2.19. The van der Waals surface area contributed by atoms with Crippen LogP contribution in [0.3, 0.4) is 0 Å². The van der Waals surface area contributed by atoms with Crippen molar-refractivity contribution in [2.45, 2.75) is 25.5 Å². The number of ether oxygens (including phenoxy) is 1. The van der Waals surface area contributed by atoms with Gasteiger partial charge in [0.25, 0.3) is 0 Å². The first-order valence-corrected chi connectivity index (χ1v) is 6.00. The SMILES string of the molecule is COCC(C)(C)NCC(O)c1ccccc1Cl. The fraction of sp³-hybridized carbons (Fsp3) is 0.538. The van der Waals surface area contributed by atoms with E-state index in [-0.39, 0.29) is 5.54 Å². The zero-order valence-corrected chi connectivity index (χ0v) is 11.3. The van der Waals surface area contributed by atoms with Crippen LogP contribution < -0.4 is 5.32 Å². The molecule has 0 aliphatic carbocycles. The second-order valence-corrected chi connectivity index (χ2v) is 5.14. The molecule has 0 bridgehead atoms. The minimum Gasteiger partial charge on any atom is -0.387 e. The number of nitrogens with one attached hydrogen (secondary N) is 1. The molecule has 0 saturated heterocycles. The fourth-order valence-electron chi connectivity index (χ4n) is 1.64. The maximum absolute atomic E-state index is 10.0. The van der Waals surface area contributed by atoms with Crippen molar-refractivity contribution in [3.63, 3.8) is 0 Å². The van der Waals surface area contributed by atoms with E-state index in [0.717, 1.165) is 5.56 Å². The molecule has 0 spiro atoms. The molecule has 17 heavy (non-hydrogen) atoms. The van der Waals surface area contributed by atoms with E-state index in [4.69, 9.17) is 16.3 Å². The summed E-state index contributed by atoms with van der Waals surface area (Å²) < 4.78 is 5.10. The normalized spacial score (nSPS) is 13.7. The summed E-state index contributed by atoms with van der Waals surface area (Å²) in [4.78, 5) is 0. The molecule has 1 atom stereocenters. The zero-order valence-electron chi connectivity index (χ0n) is 10.5. The minimum absolute atomic E-state index is 0.170. The summed E-state index contributed by atoms with van der Waals surface area (Å²) in [6, 6.07) is 7.32. The Bertz CT molecular complexity index is 355. The van der Waals surface area contributed by atoms with Gasteiger partial charge in [0.15, 0.2) is 0 Å². The average molecular weight is 258 g/mol. The van der Waals surface area contributed by atoms with Gasteiger partial charge in [0.2, 0.25) is 0 Å². The van der Waals surface area contributed by atoms with Gasteiger partial charge < -0.3 is 15.2 Å². The topological polar surface area (TPSA) is 41.5 Å². The lowest BCUT2D eigenvalue weighted by atomic mass is 10.0. The maximum Gasteiger partial charge on any atom is 0.0928 e. The first-order valence-electron chi connectivity index (χ1n) is 5.63. The molecule has 0 radical (unpaired) electrons. The van der Waals surface area contributed by atoms with Crippen LogP contribution in [0.1, 0.15) is 25.5 Å². The molecule has 4 heteroatoms. The van der Waals surface area contributed by atoms with Crippen LogP contribution >= 0.6 is 11.6 Å². The summed E-state index contributed by atoms with van der Waals surface area (Å²) in [5.41, 5.74) is 0.576.